The summed E-state index contributed by atoms with van der Waals surface area (Å²) in [5.74, 6) is -0.332. The standard InChI is InChI=1S/C16H22N4O4S2/c1-16(2,3)8-13(26(22,23)24)9-17-14(21)10-20-6-4-12(5-7-20)15-18-11-19-25-15/h4-7,11,13H,8-10H2,1-3H3,(H-,17,21,22,23,24)/p+1. The number of nitrogens with zero attached hydrogens (tertiary/aromatic N) is 3. The highest BCUT2D eigenvalue weighted by Gasteiger charge is 2.29. The van der Waals surface area contributed by atoms with E-state index in [2.05, 4.69) is 14.7 Å². The van der Waals surface area contributed by atoms with Crippen molar-refractivity contribution in [1.29, 1.82) is 0 Å². The van der Waals surface area contributed by atoms with Crippen LogP contribution in [0, 0.1) is 5.41 Å². The third-order valence-corrected chi connectivity index (χ3v) is 5.50. The monoisotopic (exact) mass is 399 g/mol. The minimum atomic E-state index is -4.23. The van der Waals surface area contributed by atoms with Crippen molar-refractivity contribution >= 4 is 27.6 Å². The molecular weight excluding hydrogens is 376 g/mol. The summed E-state index contributed by atoms with van der Waals surface area (Å²) in [6.07, 6.45) is 5.21. The van der Waals surface area contributed by atoms with Crippen LogP contribution in [0.3, 0.4) is 0 Å². The lowest BCUT2D eigenvalue weighted by atomic mass is 9.90. The highest BCUT2D eigenvalue weighted by atomic mass is 32.2. The van der Waals surface area contributed by atoms with Crippen LogP contribution in [0.25, 0.3) is 10.6 Å². The van der Waals surface area contributed by atoms with Gasteiger partial charge < -0.3 is 5.32 Å². The van der Waals surface area contributed by atoms with Crippen molar-refractivity contribution in [2.75, 3.05) is 6.54 Å². The average Bonchev–Trinajstić information content (AvgIpc) is 3.04. The van der Waals surface area contributed by atoms with E-state index in [-0.39, 0.29) is 30.8 Å². The van der Waals surface area contributed by atoms with Crippen molar-refractivity contribution in [3.63, 3.8) is 0 Å². The van der Waals surface area contributed by atoms with Crippen LogP contribution in [0.2, 0.25) is 0 Å². The molecule has 8 nitrogen and oxygen atoms in total. The fraction of sp³-hybridized carbons (Fsp3) is 0.500. The lowest BCUT2D eigenvalue weighted by Crippen LogP contribution is -2.45. The van der Waals surface area contributed by atoms with E-state index >= 15 is 0 Å². The summed E-state index contributed by atoms with van der Waals surface area (Å²) in [6, 6.07) is 3.66. The molecule has 2 rings (SSSR count). The maximum Gasteiger partial charge on any atom is 0.286 e. The molecule has 2 aromatic heterocycles. The van der Waals surface area contributed by atoms with Gasteiger partial charge in [0.2, 0.25) is 6.54 Å². The Morgan fingerprint density at radius 2 is 2.00 bits per heavy atom. The van der Waals surface area contributed by atoms with Gasteiger partial charge >= 0.3 is 0 Å². The second-order valence-electron chi connectivity index (χ2n) is 7.21. The van der Waals surface area contributed by atoms with Gasteiger partial charge in [-0.05, 0) is 23.4 Å². The first-order valence-electron chi connectivity index (χ1n) is 8.04. The number of rotatable bonds is 7. The Balaban J connectivity index is 1.93. The Kier molecular flexibility index (Phi) is 6.43. The summed E-state index contributed by atoms with van der Waals surface area (Å²) in [6.45, 7) is 5.55. The molecule has 2 N–H and O–H groups in total. The Hall–Kier alpha value is -1.91. The van der Waals surface area contributed by atoms with E-state index in [0.717, 1.165) is 10.6 Å². The van der Waals surface area contributed by atoms with Crippen LogP contribution in [0.4, 0.5) is 0 Å². The fourth-order valence-electron chi connectivity index (χ4n) is 2.42. The van der Waals surface area contributed by atoms with Crippen molar-refractivity contribution < 1.29 is 22.3 Å². The Bertz CT molecular complexity index is 828. The molecule has 1 atom stereocenters. The zero-order valence-electron chi connectivity index (χ0n) is 14.9. The van der Waals surface area contributed by atoms with E-state index in [4.69, 9.17) is 0 Å². The van der Waals surface area contributed by atoms with Crippen molar-refractivity contribution in [2.24, 2.45) is 5.41 Å². The molecule has 26 heavy (non-hydrogen) atoms. The number of hydrogen-bond donors (Lipinski definition) is 2. The summed E-state index contributed by atoms with van der Waals surface area (Å²) in [5, 5.41) is 2.34. The quantitative estimate of drug-likeness (QED) is 0.536. The Morgan fingerprint density at radius 3 is 2.50 bits per heavy atom. The SMILES string of the molecule is CC(C)(C)CC(CNC(=O)C[n+]1ccc(-c2ncns2)cc1)S(=O)(=O)O. The number of amides is 1. The summed E-state index contributed by atoms with van der Waals surface area (Å²) in [5.41, 5.74) is 0.612. The van der Waals surface area contributed by atoms with Crippen molar-refractivity contribution in [1.82, 2.24) is 14.7 Å². The van der Waals surface area contributed by atoms with Crippen molar-refractivity contribution in [3.05, 3.63) is 30.9 Å². The molecule has 2 heterocycles. The van der Waals surface area contributed by atoms with Gasteiger partial charge in [0.25, 0.3) is 16.0 Å². The summed E-state index contributed by atoms with van der Waals surface area (Å²) >= 11 is 1.28. The number of carbonyl (C=O) groups is 1. The molecule has 0 aliphatic heterocycles. The van der Waals surface area contributed by atoms with Crippen LogP contribution in [0.1, 0.15) is 27.2 Å². The van der Waals surface area contributed by atoms with Gasteiger partial charge in [-0.2, -0.15) is 17.4 Å². The number of pyridine rings is 1. The number of carbonyl (C=O) groups excluding carboxylic acids is 1. The van der Waals surface area contributed by atoms with Gasteiger partial charge in [0.05, 0.1) is 0 Å². The molecule has 1 unspecified atom stereocenters. The highest BCUT2D eigenvalue weighted by molar-refractivity contribution is 7.86. The predicted molar refractivity (Wildman–Crippen MR) is 98.0 cm³/mol. The first-order chi connectivity index (χ1) is 12.0. The van der Waals surface area contributed by atoms with Crippen LogP contribution in [-0.2, 0) is 21.5 Å². The van der Waals surface area contributed by atoms with E-state index in [9.17, 15) is 17.8 Å². The second-order valence-corrected chi connectivity index (χ2v) is 9.69. The molecule has 0 spiro atoms. The molecule has 0 bridgehead atoms. The van der Waals surface area contributed by atoms with Gasteiger partial charge in [-0.1, -0.05) is 20.8 Å². The molecule has 0 saturated carbocycles. The summed E-state index contributed by atoms with van der Waals surface area (Å²) < 4.78 is 38.0. The van der Waals surface area contributed by atoms with E-state index in [1.165, 1.54) is 17.9 Å². The third-order valence-electron chi connectivity index (χ3n) is 3.61. The average molecular weight is 400 g/mol. The maximum atomic E-state index is 12.1. The first-order valence-corrected chi connectivity index (χ1v) is 10.3. The van der Waals surface area contributed by atoms with Gasteiger partial charge in [0, 0.05) is 24.2 Å². The van der Waals surface area contributed by atoms with Gasteiger partial charge in [0.1, 0.15) is 16.6 Å². The molecule has 2 aromatic rings. The smallest absolute Gasteiger partial charge is 0.286 e. The Labute approximate surface area is 157 Å². The van der Waals surface area contributed by atoms with Crippen LogP contribution < -0.4 is 9.88 Å². The van der Waals surface area contributed by atoms with Gasteiger partial charge in [-0.25, -0.2) is 4.98 Å². The van der Waals surface area contributed by atoms with Crippen LogP contribution in [0.5, 0.6) is 0 Å². The van der Waals surface area contributed by atoms with E-state index < -0.39 is 15.4 Å². The molecule has 1 amide bonds. The predicted octanol–water partition coefficient (Wildman–Crippen LogP) is 1.30. The van der Waals surface area contributed by atoms with Gasteiger partial charge in [-0.3, -0.25) is 9.35 Å². The van der Waals surface area contributed by atoms with Crippen molar-refractivity contribution in [3.8, 4) is 10.6 Å². The largest absolute Gasteiger partial charge is 0.349 e. The number of aromatic nitrogens is 3. The summed E-state index contributed by atoms with van der Waals surface area (Å²) in [4.78, 5) is 16.2. The zero-order chi connectivity index (χ0) is 19.4. The maximum absolute atomic E-state index is 12.1. The highest BCUT2D eigenvalue weighted by Crippen LogP contribution is 2.23. The number of hydrogen-bond acceptors (Lipinski definition) is 6. The van der Waals surface area contributed by atoms with Crippen LogP contribution >= 0.6 is 11.5 Å². The molecule has 142 valence electrons. The van der Waals surface area contributed by atoms with Crippen molar-refractivity contribution in [2.45, 2.75) is 39.0 Å². The number of nitrogens with one attached hydrogen (secondary N) is 1. The molecule has 0 aromatic carbocycles. The topological polar surface area (TPSA) is 113 Å². The zero-order valence-corrected chi connectivity index (χ0v) is 16.5. The molecule has 0 radical (unpaired) electrons. The molecule has 0 fully saturated rings. The van der Waals surface area contributed by atoms with E-state index in [1.807, 2.05) is 32.9 Å². The van der Waals surface area contributed by atoms with Gasteiger partial charge in [-0.15, -0.1) is 0 Å². The summed E-state index contributed by atoms with van der Waals surface area (Å²) in [7, 11) is -4.23. The molecular formula is C16H23N4O4S2+. The molecule has 0 saturated heterocycles. The second kappa shape index (κ2) is 8.19. The molecule has 0 aliphatic rings. The third kappa shape index (κ3) is 6.43. The lowest BCUT2D eigenvalue weighted by molar-refractivity contribution is -0.684. The lowest BCUT2D eigenvalue weighted by Gasteiger charge is -2.24. The first kappa shape index (κ1) is 20.4. The van der Waals surface area contributed by atoms with E-state index in [0.29, 0.717) is 0 Å². The fourth-order valence-corrected chi connectivity index (χ4v) is 3.96. The Morgan fingerprint density at radius 1 is 1.35 bits per heavy atom. The minimum Gasteiger partial charge on any atom is -0.349 e. The normalized spacial score (nSPS) is 13.4. The molecule has 0 aliphatic carbocycles. The van der Waals surface area contributed by atoms with E-state index in [1.54, 1.807) is 17.0 Å². The van der Waals surface area contributed by atoms with Crippen LogP contribution in [0.15, 0.2) is 30.9 Å². The van der Waals surface area contributed by atoms with Gasteiger partial charge in [0.15, 0.2) is 12.4 Å². The van der Waals surface area contributed by atoms with Crippen LogP contribution in [-0.4, -0.2) is 40.0 Å². The molecule has 10 heteroatoms. The minimum absolute atomic E-state index is 0.0457.